The van der Waals surface area contributed by atoms with Crippen molar-refractivity contribution in [3.05, 3.63) is 47.3 Å². The number of aliphatic hydroxyl groups excluding tert-OH is 1. The Morgan fingerprint density at radius 3 is 2.64 bits per heavy atom. The standard InChI is InChI=1S/C18H22N4O6/c1-18(2)27-14-11(9-23)26-15(16(14)28-18)13-12(17(24)20-25)19-21-22(13)8-10-6-4-3-5-7-10/h3-7,11,14-16,23,25H,8-9H2,1-2H3,(H,20,24)/t11-,14-,15+,16-/m1/s1. The first-order valence-corrected chi connectivity index (χ1v) is 8.97. The maximum atomic E-state index is 12.2. The summed E-state index contributed by atoms with van der Waals surface area (Å²) in [5, 5.41) is 26.8. The van der Waals surface area contributed by atoms with Gasteiger partial charge in [0.05, 0.1) is 13.2 Å². The zero-order chi connectivity index (χ0) is 19.9. The fourth-order valence-electron chi connectivity index (χ4n) is 3.74. The lowest BCUT2D eigenvalue weighted by molar-refractivity contribution is -0.191. The Kier molecular flexibility index (Phi) is 4.89. The highest BCUT2D eigenvalue weighted by molar-refractivity contribution is 5.92. The predicted molar refractivity (Wildman–Crippen MR) is 93.3 cm³/mol. The maximum absolute atomic E-state index is 12.2. The molecule has 2 aliphatic heterocycles. The van der Waals surface area contributed by atoms with Gasteiger partial charge >= 0.3 is 0 Å². The number of amides is 1. The van der Waals surface area contributed by atoms with E-state index in [4.69, 9.17) is 19.4 Å². The van der Waals surface area contributed by atoms with Crippen molar-refractivity contribution < 1.29 is 29.3 Å². The summed E-state index contributed by atoms with van der Waals surface area (Å²) >= 11 is 0. The molecule has 3 N–H and O–H groups in total. The van der Waals surface area contributed by atoms with Crippen LogP contribution in [0.3, 0.4) is 0 Å². The molecule has 2 aliphatic rings. The summed E-state index contributed by atoms with van der Waals surface area (Å²) in [6.07, 6.45) is -2.45. The number of aliphatic hydroxyl groups is 1. The van der Waals surface area contributed by atoms with E-state index in [-0.39, 0.29) is 12.3 Å². The summed E-state index contributed by atoms with van der Waals surface area (Å²) in [6.45, 7) is 3.63. The number of benzene rings is 1. The van der Waals surface area contributed by atoms with Crippen molar-refractivity contribution in [1.29, 1.82) is 0 Å². The number of hydrogen-bond donors (Lipinski definition) is 3. The quantitative estimate of drug-likeness (QED) is 0.494. The Balaban J connectivity index is 1.74. The van der Waals surface area contributed by atoms with E-state index in [9.17, 15) is 9.90 Å². The number of fused-ring (bicyclic) bond motifs is 1. The van der Waals surface area contributed by atoms with Crippen molar-refractivity contribution in [3.8, 4) is 0 Å². The lowest BCUT2D eigenvalue weighted by atomic mass is 10.0. The highest BCUT2D eigenvalue weighted by Gasteiger charge is 2.57. The number of carbonyl (C=O) groups excluding carboxylic acids is 1. The van der Waals surface area contributed by atoms with Crippen molar-refractivity contribution in [2.75, 3.05) is 6.61 Å². The molecule has 10 heteroatoms. The Labute approximate surface area is 161 Å². The second-order valence-corrected chi connectivity index (χ2v) is 7.25. The number of aromatic nitrogens is 3. The molecule has 3 heterocycles. The van der Waals surface area contributed by atoms with E-state index >= 15 is 0 Å². The second kappa shape index (κ2) is 7.22. The molecule has 28 heavy (non-hydrogen) atoms. The normalized spacial score (nSPS) is 28.3. The maximum Gasteiger partial charge on any atom is 0.297 e. The molecular formula is C18H22N4O6. The van der Waals surface area contributed by atoms with Crippen LogP contribution in [0.4, 0.5) is 0 Å². The second-order valence-electron chi connectivity index (χ2n) is 7.25. The van der Waals surface area contributed by atoms with Crippen LogP contribution in [-0.2, 0) is 20.8 Å². The van der Waals surface area contributed by atoms with Crippen LogP contribution >= 0.6 is 0 Å². The Hall–Kier alpha value is -2.37. The van der Waals surface area contributed by atoms with Crippen LogP contribution in [0, 0.1) is 0 Å². The molecule has 0 saturated carbocycles. The molecule has 2 aromatic rings. The SMILES string of the molecule is CC1(C)O[C@@H]2[C@H](O1)[C@@H](CO)O[C@H]2c1c(C(=O)NO)nnn1Cc1ccccc1. The Bertz CT molecular complexity index is 855. The number of nitrogens with one attached hydrogen (secondary N) is 1. The molecule has 2 saturated heterocycles. The van der Waals surface area contributed by atoms with E-state index in [0.29, 0.717) is 12.2 Å². The number of hydrogen-bond acceptors (Lipinski definition) is 8. The van der Waals surface area contributed by atoms with Crippen LogP contribution < -0.4 is 5.48 Å². The molecule has 0 aliphatic carbocycles. The summed E-state index contributed by atoms with van der Waals surface area (Å²) < 4.78 is 19.4. The van der Waals surface area contributed by atoms with Crippen LogP contribution in [-0.4, -0.2) is 61.9 Å². The average molecular weight is 390 g/mol. The van der Waals surface area contributed by atoms with Crippen molar-refractivity contribution in [2.45, 2.75) is 50.6 Å². The number of nitrogens with zero attached hydrogens (tertiary/aromatic N) is 3. The lowest BCUT2D eigenvalue weighted by Gasteiger charge is -2.24. The van der Waals surface area contributed by atoms with Crippen molar-refractivity contribution in [3.63, 3.8) is 0 Å². The van der Waals surface area contributed by atoms with Crippen LogP contribution in [0.5, 0.6) is 0 Å². The first-order chi connectivity index (χ1) is 13.4. The van der Waals surface area contributed by atoms with Gasteiger partial charge in [-0.25, -0.2) is 10.2 Å². The van der Waals surface area contributed by atoms with E-state index in [2.05, 4.69) is 10.3 Å². The van der Waals surface area contributed by atoms with Gasteiger partial charge in [0.2, 0.25) is 0 Å². The molecule has 0 unspecified atom stereocenters. The van der Waals surface area contributed by atoms with Crippen LogP contribution in [0.15, 0.2) is 30.3 Å². The monoisotopic (exact) mass is 390 g/mol. The van der Waals surface area contributed by atoms with Crippen LogP contribution in [0.25, 0.3) is 0 Å². The van der Waals surface area contributed by atoms with Gasteiger partial charge in [-0.1, -0.05) is 35.5 Å². The smallest absolute Gasteiger partial charge is 0.297 e. The van der Waals surface area contributed by atoms with E-state index < -0.39 is 36.1 Å². The molecule has 0 radical (unpaired) electrons. The number of hydroxylamine groups is 1. The highest BCUT2D eigenvalue weighted by atomic mass is 16.8. The minimum absolute atomic E-state index is 0.0749. The number of rotatable bonds is 5. The summed E-state index contributed by atoms with van der Waals surface area (Å²) in [6, 6.07) is 9.54. The van der Waals surface area contributed by atoms with Gasteiger partial charge in [-0.15, -0.1) is 5.10 Å². The molecule has 10 nitrogen and oxygen atoms in total. The van der Waals surface area contributed by atoms with Crippen LogP contribution in [0.1, 0.15) is 41.7 Å². The largest absolute Gasteiger partial charge is 0.394 e. The first-order valence-electron chi connectivity index (χ1n) is 8.97. The number of carbonyl (C=O) groups is 1. The fourth-order valence-corrected chi connectivity index (χ4v) is 3.74. The summed E-state index contributed by atoms with van der Waals surface area (Å²) in [5.74, 6) is -1.66. The van der Waals surface area contributed by atoms with E-state index in [0.717, 1.165) is 5.56 Å². The molecule has 4 atom stereocenters. The first kappa shape index (κ1) is 19.0. The van der Waals surface area contributed by atoms with E-state index in [1.165, 1.54) is 4.68 Å². The summed E-state index contributed by atoms with van der Waals surface area (Å²) in [5.41, 5.74) is 2.81. The minimum atomic E-state index is -0.859. The third kappa shape index (κ3) is 3.29. The zero-order valence-corrected chi connectivity index (χ0v) is 15.5. The molecule has 150 valence electrons. The predicted octanol–water partition coefficient (Wildman–Crippen LogP) is 0.398. The van der Waals surface area contributed by atoms with Crippen LogP contribution in [0.2, 0.25) is 0 Å². The topological polar surface area (TPSA) is 128 Å². The third-order valence-corrected chi connectivity index (χ3v) is 4.86. The zero-order valence-electron chi connectivity index (χ0n) is 15.5. The van der Waals surface area contributed by atoms with Gasteiger partial charge < -0.3 is 19.3 Å². The van der Waals surface area contributed by atoms with E-state index in [1.54, 1.807) is 19.3 Å². The number of ether oxygens (including phenoxy) is 3. The molecule has 0 bridgehead atoms. The van der Waals surface area contributed by atoms with Gasteiger partial charge in [0.15, 0.2) is 11.5 Å². The molecule has 1 amide bonds. The molecular weight excluding hydrogens is 368 g/mol. The minimum Gasteiger partial charge on any atom is -0.394 e. The van der Waals surface area contributed by atoms with Gasteiger partial charge in [0.1, 0.15) is 30.1 Å². The van der Waals surface area contributed by atoms with Gasteiger partial charge in [-0.3, -0.25) is 10.0 Å². The van der Waals surface area contributed by atoms with Gasteiger partial charge in [0, 0.05) is 0 Å². The van der Waals surface area contributed by atoms with E-state index in [1.807, 2.05) is 30.3 Å². The van der Waals surface area contributed by atoms with Crippen molar-refractivity contribution in [2.24, 2.45) is 0 Å². The Morgan fingerprint density at radius 1 is 1.25 bits per heavy atom. The molecule has 1 aromatic heterocycles. The fraction of sp³-hybridized carbons (Fsp3) is 0.500. The summed E-state index contributed by atoms with van der Waals surface area (Å²) in [7, 11) is 0. The van der Waals surface area contributed by atoms with Gasteiger partial charge in [0.25, 0.3) is 5.91 Å². The highest BCUT2D eigenvalue weighted by Crippen LogP contribution is 2.45. The van der Waals surface area contributed by atoms with Crippen molar-refractivity contribution in [1.82, 2.24) is 20.5 Å². The van der Waals surface area contributed by atoms with Crippen molar-refractivity contribution >= 4 is 5.91 Å². The molecule has 4 rings (SSSR count). The average Bonchev–Trinajstić information content (AvgIpc) is 3.32. The van der Waals surface area contributed by atoms with Gasteiger partial charge in [-0.2, -0.15) is 0 Å². The van der Waals surface area contributed by atoms with Gasteiger partial charge in [-0.05, 0) is 19.4 Å². The molecule has 0 spiro atoms. The molecule has 2 fully saturated rings. The lowest BCUT2D eigenvalue weighted by Crippen LogP contribution is -2.31. The third-order valence-electron chi connectivity index (χ3n) is 4.86. The molecule has 1 aromatic carbocycles. The Morgan fingerprint density at radius 2 is 1.96 bits per heavy atom. The summed E-state index contributed by atoms with van der Waals surface area (Å²) in [4.78, 5) is 12.2.